The molecule has 0 unspecified atom stereocenters. The molecule has 128 valence electrons. The Hall–Kier alpha value is -3.22. The largest absolute Gasteiger partial charge is 0.573 e. The molecule has 0 aliphatic carbocycles. The van der Waals surface area contributed by atoms with Crippen LogP contribution in [-0.2, 0) is 0 Å². The molecule has 3 aromatic rings. The minimum absolute atomic E-state index is 0.159. The molecule has 0 radical (unpaired) electrons. The number of aromatic nitrogens is 1. The third-order valence-electron chi connectivity index (χ3n) is 3.53. The van der Waals surface area contributed by atoms with Crippen LogP contribution in [0.5, 0.6) is 5.75 Å². The van der Waals surface area contributed by atoms with Crippen LogP contribution >= 0.6 is 0 Å². The third-order valence-corrected chi connectivity index (χ3v) is 3.53. The van der Waals surface area contributed by atoms with Gasteiger partial charge in [0.2, 0.25) is 0 Å². The van der Waals surface area contributed by atoms with Crippen LogP contribution in [0.4, 0.5) is 13.2 Å². The second-order valence-electron chi connectivity index (χ2n) is 5.21. The van der Waals surface area contributed by atoms with Gasteiger partial charge in [0.25, 0.3) is 0 Å². The van der Waals surface area contributed by atoms with Crippen LogP contribution in [0, 0.1) is 0 Å². The lowest BCUT2D eigenvalue weighted by Gasteiger charge is -2.13. The van der Waals surface area contributed by atoms with Gasteiger partial charge in [0.05, 0.1) is 11.3 Å². The van der Waals surface area contributed by atoms with Crippen LogP contribution in [0.15, 0.2) is 67.0 Å². The zero-order valence-electron chi connectivity index (χ0n) is 12.7. The fourth-order valence-corrected chi connectivity index (χ4v) is 2.40. The highest BCUT2D eigenvalue weighted by atomic mass is 19.4. The van der Waals surface area contributed by atoms with Crippen molar-refractivity contribution < 1.29 is 27.8 Å². The number of carboxylic acids is 1. The molecule has 0 saturated heterocycles. The lowest BCUT2D eigenvalue weighted by Crippen LogP contribution is -2.18. The van der Waals surface area contributed by atoms with E-state index >= 15 is 0 Å². The quantitative estimate of drug-likeness (QED) is 0.742. The van der Waals surface area contributed by atoms with Crippen LogP contribution in [-0.4, -0.2) is 22.0 Å². The van der Waals surface area contributed by atoms with Gasteiger partial charge in [-0.2, -0.15) is 0 Å². The number of ether oxygens (including phenoxy) is 1. The van der Waals surface area contributed by atoms with E-state index in [1.807, 2.05) is 0 Å². The van der Waals surface area contributed by atoms with Gasteiger partial charge in [-0.3, -0.25) is 0 Å². The molecule has 25 heavy (non-hydrogen) atoms. The predicted molar refractivity (Wildman–Crippen MR) is 84.8 cm³/mol. The van der Waals surface area contributed by atoms with Crippen LogP contribution < -0.4 is 4.74 Å². The van der Waals surface area contributed by atoms with Gasteiger partial charge in [-0.05, 0) is 41.5 Å². The third kappa shape index (κ3) is 3.82. The second-order valence-corrected chi connectivity index (χ2v) is 5.21. The molecular weight excluding hydrogens is 335 g/mol. The summed E-state index contributed by atoms with van der Waals surface area (Å²) >= 11 is 0. The first kappa shape index (κ1) is 16.6. The van der Waals surface area contributed by atoms with Gasteiger partial charge in [0.1, 0.15) is 0 Å². The fourth-order valence-electron chi connectivity index (χ4n) is 2.40. The average Bonchev–Trinajstić information content (AvgIpc) is 3.04. The summed E-state index contributed by atoms with van der Waals surface area (Å²) in [7, 11) is 0. The summed E-state index contributed by atoms with van der Waals surface area (Å²) < 4.78 is 43.2. The molecule has 0 aliphatic rings. The van der Waals surface area contributed by atoms with E-state index in [1.54, 1.807) is 36.7 Å². The number of hydrogen-bond donors (Lipinski definition) is 1. The molecular formula is C18H12F3NO3. The van der Waals surface area contributed by atoms with Crippen molar-refractivity contribution in [2.45, 2.75) is 6.36 Å². The first-order chi connectivity index (χ1) is 11.8. The normalized spacial score (nSPS) is 11.3. The van der Waals surface area contributed by atoms with Crippen LogP contribution in [0.25, 0.3) is 16.8 Å². The summed E-state index contributed by atoms with van der Waals surface area (Å²) in [5.74, 6) is -1.33. The summed E-state index contributed by atoms with van der Waals surface area (Å²) in [4.78, 5) is 10.9. The standard InChI is InChI=1S/C18H12F3NO3/c19-18(20,21)25-16-4-2-1-3-15(16)22-10-9-14(11-22)12-5-7-13(8-6-12)17(23)24/h1-11H,(H,23,24). The SMILES string of the molecule is O=C(O)c1ccc(-c2ccn(-c3ccccc3OC(F)(F)F)c2)cc1. The van der Waals surface area contributed by atoms with E-state index in [4.69, 9.17) is 5.11 Å². The first-order valence-electron chi connectivity index (χ1n) is 7.20. The molecule has 0 aliphatic heterocycles. The molecule has 0 spiro atoms. The number of carboxylic acid groups (broad SMARTS) is 1. The molecule has 0 saturated carbocycles. The topological polar surface area (TPSA) is 51.5 Å². The zero-order chi connectivity index (χ0) is 18.0. The van der Waals surface area contributed by atoms with Crippen molar-refractivity contribution in [3.63, 3.8) is 0 Å². The molecule has 0 bridgehead atoms. The Morgan fingerprint density at radius 3 is 2.28 bits per heavy atom. The summed E-state index contributed by atoms with van der Waals surface area (Å²) in [5, 5.41) is 8.91. The Morgan fingerprint density at radius 1 is 0.960 bits per heavy atom. The Morgan fingerprint density at radius 2 is 1.64 bits per heavy atom. The maximum atomic E-state index is 12.5. The van der Waals surface area contributed by atoms with Crippen molar-refractivity contribution in [3.8, 4) is 22.6 Å². The number of para-hydroxylation sites is 2. The molecule has 0 atom stereocenters. The maximum absolute atomic E-state index is 12.5. The maximum Gasteiger partial charge on any atom is 0.573 e. The van der Waals surface area contributed by atoms with E-state index in [0.29, 0.717) is 0 Å². The monoisotopic (exact) mass is 347 g/mol. The lowest BCUT2D eigenvalue weighted by molar-refractivity contribution is -0.274. The molecule has 1 N–H and O–H groups in total. The lowest BCUT2D eigenvalue weighted by atomic mass is 10.1. The molecule has 2 aromatic carbocycles. The fraction of sp³-hybridized carbons (Fsp3) is 0.0556. The summed E-state index contributed by atoms with van der Waals surface area (Å²) in [5.41, 5.74) is 1.89. The number of carbonyl (C=O) groups is 1. The van der Waals surface area contributed by atoms with Crippen molar-refractivity contribution in [1.29, 1.82) is 0 Å². The molecule has 0 amide bonds. The number of alkyl halides is 3. The minimum atomic E-state index is -4.78. The highest BCUT2D eigenvalue weighted by Crippen LogP contribution is 2.30. The Balaban J connectivity index is 1.93. The predicted octanol–water partition coefficient (Wildman–Crippen LogP) is 4.74. The first-order valence-corrected chi connectivity index (χ1v) is 7.20. The minimum Gasteiger partial charge on any atom is -0.478 e. The molecule has 1 heterocycles. The van der Waals surface area contributed by atoms with E-state index < -0.39 is 12.3 Å². The van der Waals surface area contributed by atoms with Crippen LogP contribution in [0.2, 0.25) is 0 Å². The summed E-state index contributed by atoms with van der Waals surface area (Å²) in [6.45, 7) is 0. The van der Waals surface area contributed by atoms with E-state index in [9.17, 15) is 18.0 Å². The average molecular weight is 347 g/mol. The van der Waals surface area contributed by atoms with Crippen molar-refractivity contribution in [1.82, 2.24) is 4.57 Å². The number of aromatic carboxylic acids is 1. The van der Waals surface area contributed by atoms with Crippen molar-refractivity contribution in [2.75, 3.05) is 0 Å². The van der Waals surface area contributed by atoms with E-state index in [0.717, 1.165) is 11.1 Å². The van der Waals surface area contributed by atoms with Crippen molar-refractivity contribution in [2.24, 2.45) is 0 Å². The highest BCUT2D eigenvalue weighted by molar-refractivity contribution is 5.88. The number of benzene rings is 2. The van der Waals surface area contributed by atoms with E-state index in [-0.39, 0.29) is 17.0 Å². The number of hydrogen-bond acceptors (Lipinski definition) is 2. The highest BCUT2D eigenvalue weighted by Gasteiger charge is 2.32. The summed E-state index contributed by atoms with van der Waals surface area (Å²) in [6, 6.07) is 13.8. The van der Waals surface area contributed by atoms with Gasteiger partial charge in [-0.25, -0.2) is 4.79 Å². The van der Waals surface area contributed by atoms with Gasteiger partial charge in [0.15, 0.2) is 5.75 Å². The van der Waals surface area contributed by atoms with Crippen molar-refractivity contribution in [3.05, 3.63) is 72.6 Å². The molecule has 1 aromatic heterocycles. The van der Waals surface area contributed by atoms with Gasteiger partial charge < -0.3 is 14.4 Å². The second kappa shape index (κ2) is 6.35. The van der Waals surface area contributed by atoms with Gasteiger partial charge in [-0.15, -0.1) is 13.2 Å². The number of nitrogens with zero attached hydrogens (tertiary/aromatic N) is 1. The molecule has 0 fully saturated rings. The Bertz CT molecular complexity index is 898. The van der Waals surface area contributed by atoms with Crippen molar-refractivity contribution >= 4 is 5.97 Å². The Kier molecular flexibility index (Phi) is 4.22. The zero-order valence-corrected chi connectivity index (χ0v) is 12.7. The number of rotatable bonds is 4. The number of halogens is 3. The van der Waals surface area contributed by atoms with Crippen LogP contribution in [0.3, 0.4) is 0 Å². The van der Waals surface area contributed by atoms with E-state index in [2.05, 4.69) is 4.74 Å². The Labute approximate surface area is 140 Å². The van der Waals surface area contributed by atoms with Gasteiger partial charge >= 0.3 is 12.3 Å². The molecule has 7 heteroatoms. The summed E-state index contributed by atoms with van der Waals surface area (Å²) in [6.07, 6.45) is -1.52. The van der Waals surface area contributed by atoms with Crippen LogP contribution in [0.1, 0.15) is 10.4 Å². The van der Waals surface area contributed by atoms with Gasteiger partial charge in [0, 0.05) is 12.4 Å². The van der Waals surface area contributed by atoms with Gasteiger partial charge in [-0.1, -0.05) is 24.3 Å². The van der Waals surface area contributed by atoms with E-state index in [1.165, 1.54) is 34.9 Å². The molecule has 3 rings (SSSR count). The smallest absolute Gasteiger partial charge is 0.478 e. The molecule has 4 nitrogen and oxygen atoms in total.